The SMILES string of the molecule is [B]C#CCNC(=O)CCOCSSCCNC(=O)CCOC(C)COC(C)(C)CCNC([B])=O. The van der Waals surface area contributed by atoms with Gasteiger partial charge in [-0.15, -0.1) is 0 Å². The van der Waals surface area contributed by atoms with Crippen LogP contribution in [0.5, 0.6) is 0 Å². The molecular formula is C21H35B2N3O6S2. The van der Waals surface area contributed by atoms with Crippen LogP contribution in [-0.4, -0.2) is 96.2 Å². The predicted molar refractivity (Wildman–Crippen MR) is 139 cm³/mol. The van der Waals surface area contributed by atoms with Gasteiger partial charge in [-0.2, -0.15) is 5.82 Å². The van der Waals surface area contributed by atoms with Crippen LogP contribution in [0.15, 0.2) is 0 Å². The highest BCUT2D eigenvalue weighted by molar-refractivity contribution is 8.76. The molecule has 3 N–H and O–H groups in total. The van der Waals surface area contributed by atoms with Gasteiger partial charge in [0.25, 0.3) is 0 Å². The Hall–Kier alpha value is -1.32. The van der Waals surface area contributed by atoms with E-state index >= 15 is 0 Å². The van der Waals surface area contributed by atoms with Crippen molar-refractivity contribution in [2.24, 2.45) is 0 Å². The van der Waals surface area contributed by atoms with Gasteiger partial charge in [0.2, 0.25) is 11.8 Å². The Labute approximate surface area is 213 Å². The normalized spacial score (nSPS) is 11.7. The summed E-state index contributed by atoms with van der Waals surface area (Å²) in [5.74, 6) is 5.20. The second-order valence-electron chi connectivity index (χ2n) is 7.71. The van der Waals surface area contributed by atoms with Crippen molar-refractivity contribution in [2.75, 3.05) is 51.1 Å². The topological polar surface area (TPSA) is 115 Å². The largest absolute Gasteiger partial charge is 0.376 e. The Balaban J connectivity index is 3.58. The van der Waals surface area contributed by atoms with Crippen LogP contribution in [0.3, 0.4) is 0 Å². The third-order valence-corrected chi connectivity index (χ3v) is 6.23. The number of hydrogen-bond donors (Lipinski definition) is 3. The minimum atomic E-state index is -0.554. The third kappa shape index (κ3) is 22.5. The van der Waals surface area contributed by atoms with Gasteiger partial charge in [-0.05, 0) is 27.2 Å². The Kier molecular flexibility index (Phi) is 20.2. The quantitative estimate of drug-likeness (QED) is 0.0729. The summed E-state index contributed by atoms with van der Waals surface area (Å²) < 4.78 is 16.8. The summed E-state index contributed by atoms with van der Waals surface area (Å²) in [4.78, 5) is 34.0. The van der Waals surface area contributed by atoms with Crippen molar-refractivity contribution in [1.82, 2.24) is 16.0 Å². The van der Waals surface area contributed by atoms with Gasteiger partial charge in [-0.1, -0.05) is 27.5 Å². The Morgan fingerprint density at radius 1 is 1.03 bits per heavy atom. The highest BCUT2D eigenvalue weighted by atomic mass is 33.1. The maximum atomic E-state index is 11.9. The fourth-order valence-corrected chi connectivity index (χ4v) is 3.83. The number of rotatable bonds is 20. The first-order valence-electron chi connectivity index (χ1n) is 11.0. The average molecular weight is 511 g/mol. The molecule has 188 valence electrons. The van der Waals surface area contributed by atoms with E-state index < -0.39 is 11.4 Å². The van der Waals surface area contributed by atoms with Gasteiger partial charge >= 0.3 is 0 Å². The molecule has 0 heterocycles. The van der Waals surface area contributed by atoms with Crippen LogP contribution in [0.2, 0.25) is 0 Å². The summed E-state index contributed by atoms with van der Waals surface area (Å²) >= 11 is 0. The highest BCUT2D eigenvalue weighted by Crippen LogP contribution is 2.20. The minimum Gasteiger partial charge on any atom is -0.376 e. The van der Waals surface area contributed by atoms with Crippen molar-refractivity contribution in [3.63, 3.8) is 0 Å². The van der Waals surface area contributed by atoms with E-state index in [0.29, 0.717) is 45.3 Å². The molecule has 1 atom stereocenters. The van der Waals surface area contributed by atoms with Crippen LogP contribution in [0.4, 0.5) is 4.79 Å². The second kappa shape index (κ2) is 21.0. The summed E-state index contributed by atoms with van der Waals surface area (Å²) in [5, 5.41) is 7.98. The van der Waals surface area contributed by atoms with Gasteiger partial charge in [-0.3, -0.25) is 14.4 Å². The van der Waals surface area contributed by atoms with Crippen LogP contribution in [0, 0.1) is 11.7 Å². The molecule has 0 fully saturated rings. The lowest BCUT2D eigenvalue weighted by Gasteiger charge is -2.27. The van der Waals surface area contributed by atoms with Crippen molar-refractivity contribution in [1.29, 1.82) is 0 Å². The monoisotopic (exact) mass is 511 g/mol. The molecule has 0 aliphatic heterocycles. The van der Waals surface area contributed by atoms with Crippen LogP contribution in [0.1, 0.15) is 40.0 Å². The first-order chi connectivity index (χ1) is 16.2. The van der Waals surface area contributed by atoms with E-state index in [1.807, 2.05) is 20.8 Å². The molecule has 34 heavy (non-hydrogen) atoms. The second-order valence-corrected chi connectivity index (χ2v) is 10.2. The summed E-state index contributed by atoms with van der Waals surface area (Å²) in [7, 11) is 13.2. The summed E-state index contributed by atoms with van der Waals surface area (Å²) in [6, 6.07) is 0. The lowest BCUT2D eigenvalue weighted by molar-refractivity contribution is -0.124. The van der Waals surface area contributed by atoms with Crippen LogP contribution < -0.4 is 16.0 Å². The lowest BCUT2D eigenvalue weighted by Crippen LogP contribution is -2.34. The van der Waals surface area contributed by atoms with Gasteiger partial charge in [0, 0.05) is 25.3 Å². The van der Waals surface area contributed by atoms with E-state index in [1.54, 1.807) is 10.8 Å². The molecular weight excluding hydrogens is 476 g/mol. The van der Waals surface area contributed by atoms with Crippen molar-refractivity contribution >= 4 is 54.9 Å². The van der Waals surface area contributed by atoms with Crippen LogP contribution in [0.25, 0.3) is 0 Å². The number of hydrogen-bond acceptors (Lipinski definition) is 8. The first-order valence-corrected chi connectivity index (χ1v) is 13.5. The molecule has 0 aliphatic rings. The van der Waals surface area contributed by atoms with Crippen molar-refractivity contribution in [3.05, 3.63) is 0 Å². The number of carbonyl (C=O) groups is 3. The van der Waals surface area contributed by atoms with E-state index in [4.69, 9.17) is 29.9 Å². The molecule has 1 unspecified atom stereocenters. The molecule has 0 aromatic rings. The maximum Gasteiger partial charge on any atom is 0.223 e. The molecule has 0 spiro atoms. The van der Waals surface area contributed by atoms with Crippen molar-refractivity contribution < 1.29 is 28.6 Å². The number of amides is 3. The molecule has 0 aromatic heterocycles. The molecule has 0 rings (SSSR count). The Morgan fingerprint density at radius 2 is 1.74 bits per heavy atom. The fourth-order valence-electron chi connectivity index (χ4n) is 2.26. The van der Waals surface area contributed by atoms with E-state index in [2.05, 4.69) is 27.7 Å². The van der Waals surface area contributed by atoms with Gasteiger partial charge < -0.3 is 30.2 Å². The molecule has 13 heteroatoms. The summed E-state index contributed by atoms with van der Waals surface area (Å²) in [6.07, 6.45) is 1.01. The molecule has 4 radical (unpaired) electrons. The Morgan fingerprint density at radius 3 is 2.44 bits per heavy atom. The zero-order chi connectivity index (χ0) is 25.7. The molecule has 0 saturated carbocycles. The highest BCUT2D eigenvalue weighted by Gasteiger charge is 2.19. The minimum absolute atomic E-state index is 0.0711. The molecule has 9 nitrogen and oxygen atoms in total. The molecule has 0 aromatic carbocycles. The third-order valence-electron chi connectivity index (χ3n) is 4.14. The Bertz CT molecular complexity index is 662. The van der Waals surface area contributed by atoms with Gasteiger partial charge in [0.05, 0.1) is 44.5 Å². The van der Waals surface area contributed by atoms with Crippen LogP contribution >= 0.6 is 21.6 Å². The average Bonchev–Trinajstić information content (AvgIpc) is 2.76. The lowest BCUT2D eigenvalue weighted by atomic mass is 10.0. The van der Waals surface area contributed by atoms with Gasteiger partial charge in [-0.25, -0.2) is 0 Å². The number of nitrogens with one attached hydrogen (secondary N) is 3. The number of carbonyl (C=O) groups excluding carboxylic acids is 3. The summed E-state index contributed by atoms with van der Waals surface area (Å²) in [5.41, 5.74) is -0.424. The molecule has 0 aliphatic carbocycles. The molecule has 0 saturated heterocycles. The smallest absolute Gasteiger partial charge is 0.223 e. The zero-order valence-electron chi connectivity index (χ0n) is 20.3. The van der Waals surface area contributed by atoms with Crippen molar-refractivity contribution in [2.45, 2.75) is 51.7 Å². The van der Waals surface area contributed by atoms with E-state index in [1.165, 1.54) is 10.8 Å². The van der Waals surface area contributed by atoms with E-state index in [0.717, 1.165) is 5.75 Å². The molecule has 0 bridgehead atoms. The fraction of sp³-hybridized carbons (Fsp3) is 0.762. The number of ether oxygens (including phenoxy) is 3. The first kappa shape index (κ1) is 32.7. The maximum absolute atomic E-state index is 11.9. The van der Waals surface area contributed by atoms with Crippen molar-refractivity contribution in [3.8, 4) is 11.7 Å². The van der Waals surface area contributed by atoms with E-state index in [9.17, 15) is 14.4 Å². The van der Waals surface area contributed by atoms with Gasteiger partial charge in [0.15, 0.2) is 21.5 Å². The zero-order valence-corrected chi connectivity index (χ0v) is 21.9. The summed E-state index contributed by atoms with van der Waals surface area (Å²) in [6.45, 7) is 7.99. The van der Waals surface area contributed by atoms with E-state index in [-0.39, 0.29) is 37.3 Å². The standard InChI is InChI=1S/C21H35B2N3O6S2/c1-17(15-32-21(2,3)7-10-26-20(23)29)31-13-6-19(28)25-11-14-33-34-16-30-12-5-18(27)24-9-4-8-22/h17H,5-7,9-16H2,1-3H3,(H,24,27)(H,25,28)(H,26,29). The van der Waals surface area contributed by atoms with Gasteiger partial charge in [0.1, 0.15) is 5.94 Å². The van der Waals surface area contributed by atoms with Crippen LogP contribution in [-0.2, 0) is 23.8 Å². The predicted octanol–water partition coefficient (Wildman–Crippen LogP) is 0.952. The molecule has 3 amide bonds.